The van der Waals surface area contributed by atoms with E-state index in [1.54, 1.807) is 6.20 Å². The van der Waals surface area contributed by atoms with Crippen LogP contribution in [0.2, 0.25) is 0 Å². The van der Waals surface area contributed by atoms with E-state index in [9.17, 15) is 5.11 Å². The number of fused-ring (bicyclic) bond motifs is 5. The number of aliphatic hydroxyl groups is 1. The Kier molecular flexibility index (Phi) is 4.40. The fourth-order valence-electron chi connectivity index (χ4n) is 3.70. The fourth-order valence-corrected chi connectivity index (χ4v) is 4.85. The zero-order valence-electron chi connectivity index (χ0n) is 15.9. The summed E-state index contributed by atoms with van der Waals surface area (Å²) in [5.41, 5.74) is 3.92. The summed E-state index contributed by atoms with van der Waals surface area (Å²) in [6.07, 6.45) is 7.01. The van der Waals surface area contributed by atoms with Crippen molar-refractivity contribution in [1.29, 1.82) is 0 Å². The van der Waals surface area contributed by atoms with Crippen LogP contribution in [0.4, 0.5) is 5.69 Å². The molecule has 4 aromatic rings. The van der Waals surface area contributed by atoms with Gasteiger partial charge < -0.3 is 15.7 Å². The highest BCUT2D eigenvalue weighted by atomic mass is 32.1. The summed E-state index contributed by atoms with van der Waals surface area (Å²) >= 11 is 1.81. The van der Waals surface area contributed by atoms with Crippen molar-refractivity contribution in [3.05, 3.63) is 46.7 Å². The molecule has 0 saturated carbocycles. The lowest BCUT2D eigenvalue weighted by Gasteiger charge is -2.11. The first kappa shape index (κ1) is 18.0. The molecule has 3 aromatic heterocycles. The molecule has 0 saturated heterocycles. The van der Waals surface area contributed by atoms with Gasteiger partial charge >= 0.3 is 0 Å². The van der Waals surface area contributed by atoms with E-state index in [0.29, 0.717) is 23.0 Å². The number of pyridine rings is 1. The van der Waals surface area contributed by atoms with Crippen molar-refractivity contribution in [1.82, 2.24) is 20.3 Å². The number of thiophene rings is 1. The topological polar surface area (TPSA) is 83.0 Å². The van der Waals surface area contributed by atoms with Crippen LogP contribution in [0.25, 0.3) is 32.4 Å². The minimum absolute atomic E-state index is 0.175. The van der Waals surface area contributed by atoms with Gasteiger partial charge in [0.25, 0.3) is 0 Å². The largest absolute Gasteiger partial charge is 0.392 e. The monoisotopic (exact) mass is 401 g/mol. The molecule has 1 aromatic carbocycles. The molecule has 5 rings (SSSR count). The van der Waals surface area contributed by atoms with Gasteiger partial charge in [-0.2, -0.15) is 0 Å². The van der Waals surface area contributed by atoms with Crippen molar-refractivity contribution < 1.29 is 5.11 Å². The lowest BCUT2D eigenvalue weighted by Crippen LogP contribution is -2.29. The van der Waals surface area contributed by atoms with Gasteiger partial charge in [0.2, 0.25) is 5.82 Å². The van der Waals surface area contributed by atoms with Crippen LogP contribution in [0.3, 0.4) is 0 Å². The molecule has 0 bridgehead atoms. The molecule has 0 fully saturated rings. The lowest BCUT2D eigenvalue weighted by molar-refractivity contribution is 0.281. The number of terminal acetylenes is 1. The summed E-state index contributed by atoms with van der Waals surface area (Å²) in [6.45, 7) is 3.76. The summed E-state index contributed by atoms with van der Waals surface area (Å²) < 4.78 is 1.24. The third-order valence-electron chi connectivity index (χ3n) is 5.20. The maximum absolute atomic E-state index is 9.68. The molecule has 0 spiro atoms. The average molecular weight is 401 g/mol. The highest BCUT2D eigenvalue weighted by Crippen LogP contribution is 2.41. The van der Waals surface area contributed by atoms with Crippen LogP contribution in [0.15, 0.2) is 30.5 Å². The molecule has 6 nitrogen and oxygen atoms in total. The molecule has 0 amide bonds. The highest BCUT2D eigenvalue weighted by Gasteiger charge is 2.19. The van der Waals surface area contributed by atoms with Gasteiger partial charge in [-0.1, -0.05) is 0 Å². The normalized spacial score (nSPS) is 16.2. The predicted molar refractivity (Wildman–Crippen MR) is 117 cm³/mol. The van der Waals surface area contributed by atoms with E-state index >= 15 is 0 Å². The zero-order chi connectivity index (χ0) is 20.0. The van der Waals surface area contributed by atoms with Crippen LogP contribution >= 0.6 is 11.3 Å². The van der Waals surface area contributed by atoms with E-state index in [1.807, 2.05) is 23.5 Å². The molecule has 29 heavy (non-hydrogen) atoms. The maximum Gasteiger partial charge on any atom is 0.205 e. The number of benzene rings is 1. The van der Waals surface area contributed by atoms with Crippen molar-refractivity contribution in [3.8, 4) is 23.7 Å². The molecule has 0 aliphatic carbocycles. The van der Waals surface area contributed by atoms with Gasteiger partial charge in [-0.25, -0.2) is 15.0 Å². The van der Waals surface area contributed by atoms with Crippen LogP contribution < -0.4 is 10.6 Å². The Morgan fingerprint density at radius 2 is 2.17 bits per heavy atom. The van der Waals surface area contributed by atoms with Crippen molar-refractivity contribution in [3.63, 3.8) is 0 Å². The number of rotatable bonds is 2. The van der Waals surface area contributed by atoms with Crippen LogP contribution in [-0.4, -0.2) is 32.6 Å². The smallest absolute Gasteiger partial charge is 0.205 e. The van der Waals surface area contributed by atoms with Gasteiger partial charge in [-0.3, -0.25) is 0 Å². The summed E-state index contributed by atoms with van der Waals surface area (Å²) in [5.74, 6) is 2.73. The van der Waals surface area contributed by atoms with Crippen LogP contribution in [0.5, 0.6) is 0 Å². The fraction of sp³-hybridized carbons (Fsp3) is 0.227. The van der Waals surface area contributed by atoms with E-state index in [-0.39, 0.29) is 12.4 Å². The first-order chi connectivity index (χ1) is 14.2. The van der Waals surface area contributed by atoms with Crippen LogP contribution in [0.1, 0.15) is 23.2 Å². The predicted octanol–water partition coefficient (Wildman–Crippen LogP) is 3.28. The van der Waals surface area contributed by atoms with E-state index in [2.05, 4.69) is 45.6 Å². The van der Waals surface area contributed by atoms with Crippen molar-refractivity contribution in [2.75, 3.05) is 11.9 Å². The van der Waals surface area contributed by atoms with Gasteiger partial charge in [0.15, 0.2) is 0 Å². The number of hydrogen-bond acceptors (Lipinski definition) is 7. The second-order valence-electron chi connectivity index (χ2n) is 7.13. The van der Waals surface area contributed by atoms with Crippen LogP contribution in [0, 0.1) is 12.3 Å². The Morgan fingerprint density at radius 1 is 1.28 bits per heavy atom. The number of aromatic nitrogens is 3. The van der Waals surface area contributed by atoms with Crippen molar-refractivity contribution >= 4 is 38.0 Å². The Bertz CT molecular complexity index is 1290. The Balaban J connectivity index is 1.70. The zero-order valence-corrected chi connectivity index (χ0v) is 16.7. The van der Waals surface area contributed by atoms with Gasteiger partial charge in [0.1, 0.15) is 0 Å². The molecule has 0 radical (unpaired) electrons. The Labute approximate surface area is 172 Å². The van der Waals surface area contributed by atoms with E-state index in [4.69, 9.17) is 11.4 Å². The van der Waals surface area contributed by atoms with Gasteiger partial charge in [-0.05, 0) is 37.1 Å². The summed E-state index contributed by atoms with van der Waals surface area (Å²) in [6, 6.07) is 8.60. The van der Waals surface area contributed by atoms with Gasteiger partial charge in [0, 0.05) is 51.2 Å². The third kappa shape index (κ3) is 3.02. The second-order valence-corrected chi connectivity index (χ2v) is 8.27. The number of nitrogens with one attached hydrogen (secondary N) is 2. The van der Waals surface area contributed by atoms with Gasteiger partial charge in [-0.15, -0.1) is 17.8 Å². The molecule has 1 aliphatic heterocycles. The number of anilines is 1. The first-order valence-electron chi connectivity index (χ1n) is 9.44. The SMILES string of the molecule is C#Cc1ncc(CO)c(-c2ccc3c(ccc4sc5c(c43)NC[C@@H](C)NC5)n2)n1. The summed E-state index contributed by atoms with van der Waals surface area (Å²) in [4.78, 5) is 14.6. The van der Waals surface area contributed by atoms with Crippen molar-refractivity contribution in [2.24, 2.45) is 0 Å². The van der Waals surface area contributed by atoms with Crippen molar-refractivity contribution in [2.45, 2.75) is 26.1 Å². The molecular weight excluding hydrogens is 382 g/mol. The summed E-state index contributed by atoms with van der Waals surface area (Å²) in [7, 11) is 0. The molecule has 0 unspecified atom stereocenters. The first-order valence-corrected chi connectivity index (χ1v) is 10.3. The quantitative estimate of drug-likeness (QED) is 0.447. The molecule has 1 atom stereocenters. The Hall–Kier alpha value is -3.05. The van der Waals surface area contributed by atoms with E-state index < -0.39 is 0 Å². The second kappa shape index (κ2) is 7.08. The number of hydrogen-bond donors (Lipinski definition) is 3. The third-order valence-corrected chi connectivity index (χ3v) is 6.35. The molecule has 1 aliphatic rings. The van der Waals surface area contributed by atoms with E-state index in [1.165, 1.54) is 20.7 Å². The molecule has 144 valence electrons. The minimum Gasteiger partial charge on any atom is -0.392 e. The number of aliphatic hydroxyl groups excluding tert-OH is 1. The van der Waals surface area contributed by atoms with Crippen LogP contribution in [-0.2, 0) is 13.2 Å². The maximum atomic E-state index is 9.68. The molecule has 7 heteroatoms. The summed E-state index contributed by atoms with van der Waals surface area (Å²) in [5, 5.41) is 19.1. The average Bonchev–Trinajstić information content (AvgIpc) is 3.03. The highest BCUT2D eigenvalue weighted by molar-refractivity contribution is 7.20. The molecular formula is C22H19N5OS. The standard InChI is InChI=1S/C22H19N5OS/c1-3-19-24-9-13(11-28)21(27-19)16-5-4-14-15(26-16)6-7-17-20(14)22-18(29-17)10-23-12(2)8-25-22/h1,4-7,9,12,23,25,28H,8,10-11H2,2H3/t12-/m1/s1. The Morgan fingerprint density at radius 3 is 3.00 bits per heavy atom. The van der Waals surface area contributed by atoms with Gasteiger partial charge in [0.05, 0.1) is 29.2 Å². The number of nitrogens with zero attached hydrogens (tertiary/aromatic N) is 3. The molecule has 3 N–H and O–H groups in total. The lowest BCUT2D eigenvalue weighted by atomic mass is 10.1. The van der Waals surface area contributed by atoms with E-state index in [0.717, 1.165) is 24.0 Å². The molecule has 4 heterocycles. The minimum atomic E-state index is -0.175.